The number of nitrogens with zero attached hydrogens (tertiary/aromatic N) is 2. The summed E-state index contributed by atoms with van der Waals surface area (Å²) in [6, 6.07) is 9.25. The molecule has 1 aromatic rings. The molecule has 1 fully saturated rings. The maximum Gasteiger partial charge on any atom is 0.240 e. The molecule has 0 saturated carbocycles. The molecule has 1 aromatic carbocycles. The van der Waals surface area contributed by atoms with E-state index in [2.05, 4.69) is 17.0 Å². The quantitative estimate of drug-likeness (QED) is 0.822. The second-order valence-corrected chi connectivity index (χ2v) is 4.92. The third kappa shape index (κ3) is 5.36. The van der Waals surface area contributed by atoms with Gasteiger partial charge >= 0.3 is 0 Å². The van der Waals surface area contributed by atoms with Gasteiger partial charge in [0.1, 0.15) is 0 Å². The lowest BCUT2D eigenvalue weighted by Gasteiger charge is -2.37. The van der Waals surface area contributed by atoms with Crippen molar-refractivity contribution in [3.63, 3.8) is 0 Å². The molecule has 2 amide bonds. The first-order chi connectivity index (χ1) is 9.58. The molecule has 4 N–H and O–H groups in total. The van der Waals surface area contributed by atoms with E-state index < -0.39 is 11.9 Å². The van der Waals surface area contributed by atoms with Crippen molar-refractivity contribution in [2.45, 2.75) is 12.5 Å². The van der Waals surface area contributed by atoms with Crippen molar-refractivity contribution < 1.29 is 9.59 Å². The van der Waals surface area contributed by atoms with Crippen LogP contribution < -0.4 is 16.4 Å². The summed E-state index contributed by atoms with van der Waals surface area (Å²) in [6.45, 7) is 2.75. The fourth-order valence-electron chi connectivity index (χ4n) is 2.36. The first-order valence-electron chi connectivity index (χ1n) is 6.70. The summed E-state index contributed by atoms with van der Waals surface area (Å²) in [4.78, 5) is 26.8. The van der Waals surface area contributed by atoms with E-state index in [-0.39, 0.29) is 37.1 Å². The molecule has 0 spiro atoms. The Bertz CT molecular complexity index is 479. The summed E-state index contributed by atoms with van der Waals surface area (Å²) in [6.07, 6.45) is -0.0995. The van der Waals surface area contributed by atoms with Gasteiger partial charge in [0, 0.05) is 31.9 Å². The maximum atomic E-state index is 12.1. The van der Waals surface area contributed by atoms with Gasteiger partial charge in [-0.1, -0.05) is 18.2 Å². The zero-order chi connectivity index (χ0) is 14.5. The number of primary amides is 1. The van der Waals surface area contributed by atoms with Gasteiger partial charge in [0.05, 0.1) is 12.5 Å². The Morgan fingerprint density at radius 3 is 2.09 bits per heavy atom. The molecular formula is C14H22Cl2N4O2. The van der Waals surface area contributed by atoms with Gasteiger partial charge in [-0.3, -0.25) is 9.59 Å². The highest BCUT2D eigenvalue weighted by Gasteiger charge is 2.26. The summed E-state index contributed by atoms with van der Waals surface area (Å²) in [5.74, 6) is -0.745. The van der Waals surface area contributed by atoms with Crippen LogP contribution in [-0.4, -0.2) is 48.9 Å². The fraction of sp³-hybridized carbons (Fsp3) is 0.429. The molecule has 0 aliphatic carbocycles. The first kappa shape index (κ1) is 20.5. The molecule has 124 valence electrons. The van der Waals surface area contributed by atoms with Gasteiger partial charge in [0.15, 0.2) is 0 Å². The van der Waals surface area contributed by atoms with Crippen molar-refractivity contribution in [3.05, 3.63) is 30.3 Å². The molecule has 2 rings (SSSR count). The molecule has 0 radical (unpaired) electrons. The summed E-state index contributed by atoms with van der Waals surface area (Å²) < 4.78 is 0. The molecule has 1 aliphatic heterocycles. The zero-order valence-corrected chi connectivity index (χ0v) is 13.8. The number of anilines is 1. The largest absolute Gasteiger partial charge is 0.370 e. The highest BCUT2D eigenvalue weighted by Crippen LogP contribution is 2.15. The molecule has 8 heteroatoms. The standard InChI is InChI=1S/C14H20N4O2.2ClH/c15-12(10-13(16)19)14(20)18-8-6-17(7-9-18)11-4-2-1-3-5-11;;/h1-5,12H,6-10,15H2,(H2,16,19);2*1H. The van der Waals surface area contributed by atoms with Crippen LogP contribution in [0.4, 0.5) is 5.69 Å². The Kier molecular flexibility index (Phi) is 8.86. The molecule has 0 bridgehead atoms. The van der Waals surface area contributed by atoms with Crippen LogP contribution in [0.15, 0.2) is 30.3 Å². The molecule has 1 aliphatic rings. The summed E-state index contributed by atoms with van der Waals surface area (Å²) in [7, 11) is 0. The van der Waals surface area contributed by atoms with Crippen molar-refractivity contribution in [2.24, 2.45) is 11.5 Å². The van der Waals surface area contributed by atoms with E-state index in [1.165, 1.54) is 0 Å². The third-order valence-electron chi connectivity index (χ3n) is 3.45. The minimum Gasteiger partial charge on any atom is -0.370 e. The van der Waals surface area contributed by atoms with Crippen LogP contribution in [0.5, 0.6) is 0 Å². The lowest BCUT2D eigenvalue weighted by atomic mass is 10.1. The number of carbonyl (C=O) groups excluding carboxylic acids is 2. The number of nitrogens with two attached hydrogens (primary N) is 2. The van der Waals surface area contributed by atoms with E-state index in [1.807, 2.05) is 18.2 Å². The van der Waals surface area contributed by atoms with Crippen LogP contribution in [0, 0.1) is 0 Å². The van der Waals surface area contributed by atoms with Gasteiger partial charge in [-0.15, -0.1) is 24.8 Å². The molecule has 1 heterocycles. The Morgan fingerprint density at radius 1 is 1.05 bits per heavy atom. The monoisotopic (exact) mass is 348 g/mol. The van der Waals surface area contributed by atoms with Gasteiger partial charge < -0.3 is 21.3 Å². The van der Waals surface area contributed by atoms with Gasteiger partial charge in [-0.25, -0.2) is 0 Å². The second-order valence-electron chi connectivity index (χ2n) is 4.92. The van der Waals surface area contributed by atoms with Crippen molar-refractivity contribution in [1.82, 2.24) is 4.90 Å². The molecule has 0 aromatic heterocycles. The van der Waals surface area contributed by atoms with E-state index in [4.69, 9.17) is 11.5 Å². The molecule has 6 nitrogen and oxygen atoms in total. The second kappa shape index (κ2) is 9.50. The zero-order valence-electron chi connectivity index (χ0n) is 12.2. The Morgan fingerprint density at radius 2 is 1.59 bits per heavy atom. The van der Waals surface area contributed by atoms with Crippen LogP contribution in [0.2, 0.25) is 0 Å². The van der Waals surface area contributed by atoms with Crippen LogP contribution in [0.25, 0.3) is 0 Å². The SMILES string of the molecule is Cl.Cl.NC(=O)CC(N)C(=O)N1CCN(c2ccccc2)CC1. The number of rotatable bonds is 4. The number of hydrogen-bond donors (Lipinski definition) is 2. The normalized spacial score (nSPS) is 15.3. The number of piperazine rings is 1. The van der Waals surface area contributed by atoms with Gasteiger partial charge in [-0.2, -0.15) is 0 Å². The predicted octanol–water partition coefficient (Wildman–Crippen LogP) is 0.381. The van der Waals surface area contributed by atoms with Crippen molar-refractivity contribution >= 4 is 42.3 Å². The smallest absolute Gasteiger partial charge is 0.240 e. The van der Waals surface area contributed by atoms with Crippen molar-refractivity contribution in [3.8, 4) is 0 Å². The Balaban J connectivity index is 0.00000220. The van der Waals surface area contributed by atoms with E-state index in [9.17, 15) is 9.59 Å². The van der Waals surface area contributed by atoms with Crippen LogP contribution in [-0.2, 0) is 9.59 Å². The highest BCUT2D eigenvalue weighted by atomic mass is 35.5. The molecule has 1 atom stereocenters. The van der Waals surface area contributed by atoms with Gasteiger partial charge in [-0.05, 0) is 12.1 Å². The molecule has 1 unspecified atom stereocenters. The van der Waals surface area contributed by atoms with Crippen molar-refractivity contribution in [1.29, 1.82) is 0 Å². The van der Waals surface area contributed by atoms with E-state index in [0.29, 0.717) is 13.1 Å². The van der Waals surface area contributed by atoms with Gasteiger partial charge in [0.2, 0.25) is 11.8 Å². The van der Waals surface area contributed by atoms with E-state index in [0.717, 1.165) is 18.8 Å². The van der Waals surface area contributed by atoms with E-state index in [1.54, 1.807) is 4.90 Å². The summed E-state index contributed by atoms with van der Waals surface area (Å²) >= 11 is 0. The number of carbonyl (C=O) groups is 2. The molecule has 22 heavy (non-hydrogen) atoms. The highest BCUT2D eigenvalue weighted by molar-refractivity contribution is 5.87. The summed E-state index contributed by atoms with van der Waals surface area (Å²) in [5.41, 5.74) is 11.9. The average molecular weight is 349 g/mol. The predicted molar refractivity (Wildman–Crippen MR) is 91.5 cm³/mol. The number of amides is 2. The average Bonchev–Trinajstić information content (AvgIpc) is 2.47. The maximum absolute atomic E-state index is 12.1. The molecule has 1 saturated heterocycles. The lowest BCUT2D eigenvalue weighted by molar-refractivity contribution is -0.134. The number of para-hydroxylation sites is 1. The number of benzene rings is 1. The lowest BCUT2D eigenvalue weighted by Crippen LogP contribution is -2.53. The van der Waals surface area contributed by atoms with Crippen molar-refractivity contribution in [2.75, 3.05) is 31.1 Å². The van der Waals surface area contributed by atoms with Crippen LogP contribution in [0.3, 0.4) is 0 Å². The van der Waals surface area contributed by atoms with Crippen LogP contribution in [0.1, 0.15) is 6.42 Å². The Labute approximate surface area is 142 Å². The van der Waals surface area contributed by atoms with E-state index >= 15 is 0 Å². The topological polar surface area (TPSA) is 92.7 Å². The molecular weight excluding hydrogens is 327 g/mol. The number of halogens is 2. The Hall–Kier alpha value is -1.50. The fourth-order valence-corrected chi connectivity index (χ4v) is 2.36. The van der Waals surface area contributed by atoms with Gasteiger partial charge in [0.25, 0.3) is 0 Å². The minimum absolute atomic E-state index is 0. The minimum atomic E-state index is -0.823. The first-order valence-corrected chi connectivity index (χ1v) is 6.70. The van der Waals surface area contributed by atoms with Crippen LogP contribution >= 0.6 is 24.8 Å². The third-order valence-corrected chi connectivity index (χ3v) is 3.45. The summed E-state index contributed by atoms with van der Waals surface area (Å²) in [5, 5.41) is 0. The number of hydrogen-bond acceptors (Lipinski definition) is 4.